The molecule has 2 atom stereocenters. The van der Waals surface area contributed by atoms with Crippen molar-refractivity contribution in [1.29, 1.82) is 0 Å². The van der Waals surface area contributed by atoms with Gasteiger partial charge in [-0.1, -0.05) is 54.9 Å². The van der Waals surface area contributed by atoms with Gasteiger partial charge in [0.1, 0.15) is 17.7 Å². The van der Waals surface area contributed by atoms with E-state index in [4.69, 9.17) is 16.3 Å². The number of carbonyl (C=O) groups excluding carboxylic acids is 3. The Balaban J connectivity index is 2.55. The number of carbonyl (C=O) groups is 3. The normalized spacial score (nSPS) is 13.0. The highest BCUT2D eigenvalue weighted by molar-refractivity contribution is 7.98. The number of hydrogen-bond donors (Lipinski definition) is 2. The number of aryl methyl sites for hydroxylation is 2. The summed E-state index contributed by atoms with van der Waals surface area (Å²) in [6.45, 7) is 12.9. The Labute approximate surface area is 242 Å². The van der Waals surface area contributed by atoms with E-state index in [-0.39, 0.29) is 11.9 Å². The number of ether oxygens (including phenoxy) is 1. The van der Waals surface area contributed by atoms with Gasteiger partial charge >= 0.3 is 6.09 Å². The molecular weight excluding hydrogens is 534 g/mol. The average Bonchev–Trinajstić information content (AvgIpc) is 2.85. The van der Waals surface area contributed by atoms with Crippen molar-refractivity contribution in [3.8, 4) is 0 Å². The van der Waals surface area contributed by atoms with Crippen LogP contribution in [0.2, 0.25) is 5.02 Å². The molecule has 0 radical (unpaired) electrons. The summed E-state index contributed by atoms with van der Waals surface area (Å²) in [5.74, 6) is -0.113. The molecule has 2 N–H and O–H groups in total. The Kier molecular flexibility index (Phi) is 12.2. The predicted octanol–water partition coefficient (Wildman–Crippen LogP) is 6.77. The Morgan fingerprint density at radius 2 is 1.72 bits per heavy atom. The van der Waals surface area contributed by atoms with Crippen LogP contribution in [-0.2, 0) is 20.7 Å². The lowest BCUT2D eigenvalue weighted by molar-refractivity contribution is -0.143. The summed E-state index contributed by atoms with van der Waals surface area (Å²) < 4.78 is 5.44. The van der Waals surface area contributed by atoms with Crippen LogP contribution in [0.5, 0.6) is 0 Å². The maximum Gasteiger partial charge on any atom is 0.408 e. The maximum atomic E-state index is 14.2. The fraction of sp³-hybridized carbons (Fsp3) is 0.500. The number of benzene rings is 2. The quantitative estimate of drug-likeness (QED) is 0.308. The number of halogens is 1. The van der Waals surface area contributed by atoms with Crippen molar-refractivity contribution >= 4 is 47.0 Å². The summed E-state index contributed by atoms with van der Waals surface area (Å²) in [4.78, 5) is 42.4. The van der Waals surface area contributed by atoms with Crippen molar-refractivity contribution in [2.45, 2.75) is 85.0 Å². The second-order valence-corrected chi connectivity index (χ2v) is 12.1. The molecule has 2 aromatic rings. The van der Waals surface area contributed by atoms with Crippen LogP contribution in [0.4, 0.5) is 10.5 Å². The molecule has 0 fully saturated rings. The molecular formula is C30H42ClN3O4S. The predicted molar refractivity (Wildman–Crippen MR) is 162 cm³/mol. The zero-order chi connectivity index (χ0) is 29.3. The molecule has 9 heteroatoms. The summed E-state index contributed by atoms with van der Waals surface area (Å²) in [6.07, 6.45) is 2.49. The van der Waals surface area contributed by atoms with Gasteiger partial charge in [0.05, 0.1) is 10.7 Å². The SMILES string of the molecule is CCc1ccc(C(C(=O)Nc2c(C)cccc2Cl)N(C(=O)C(CCSC)NC(=O)OC(C)(C)C)C(C)C)cc1. The third-order valence-electron chi connectivity index (χ3n) is 6.11. The van der Waals surface area contributed by atoms with Gasteiger partial charge < -0.3 is 20.3 Å². The fourth-order valence-electron chi connectivity index (χ4n) is 4.16. The molecule has 2 aromatic carbocycles. The Hall–Kier alpha value is -2.71. The minimum Gasteiger partial charge on any atom is -0.444 e. The molecule has 2 rings (SSSR count). The van der Waals surface area contributed by atoms with E-state index in [1.54, 1.807) is 43.5 Å². The molecule has 7 nitrogen and oxygen atoms in total. The third kappa shape index (κ3) is 9.46. The maximum absolute atomic E-state index is 14.2. The van der Waals surface area contributed by atoms with Crippen molar-refractivity contribution in [3.63, 3.8) is 0 Å². The fourth-order valence-corrected chi connectivity index (χ4v) is 4.90. The van der Waals surface area contributed by atoms with Crippen LogP contribution in [0.3, 0.4) is 0 Å². The van der Waals surface area contributed by atoms with Gasteiger partial charge in [-0.2, -0.15) is 11.8 Å². The molecule has 0 heterocycles. The molecule has 214 valence electrons. The van der Waals surface area contributed by atoms with E-state index in [1.807, 2.05) is 63.4 Å². The molecule has 0 aliphatic rings. The first-order valence-electron chi connectivity index (χ1n) is 13.2. The number of para-hydroxylation sites is 1. The van der Waals surface area contributed by atoms with Gasteiger partial charge in [0, 0.05) is 6.04 Å². The van der Waals surface area contributed by atoms with Crippen LogP contribution >= 0.6 is 23.4 Å². The van der Waals surface area contributed by atoms with E-state index in [1.165, 1.54) is 0 Å². The van der Waals surface area contributed by atoms with E-state index in [9.17, 15) is 14.4 Å². The molecule has 0 aromatic heterocycles. The van der Waals surface area contributed by atoms with E-state index < -0.39 is 29.7 Å². The number of hydrogen-bond acceptors (Lipinski definition) is 5. The van der Waals surface area contributed by atoms with Crippen LogP contribution in [0.25, 0.3) is 0 Å². The number of nitrogens with zero attached hydrogens (tertiary/aromatic N) is 1. The third-order valence-corrected chi connectivity index (χ3v) is 7.07. The molecule has 3 amide bonds. The minimum absolute atomic E-state index is 0.358. The van der Waals surface area contributed by atoms with E-state index in [0.29, 0.717) is 28.4 Å². The largest absolute Gasteiger partial charge is 0.444 e. The molecule has 0 saturated heterocycles. The lowest BCUT2D eigenvalue weighted by Crippen LogP contribution is -2.54. The first kappa shape index (κ1) is 32.5. The summed E-state index contributed by atoms with van der Waals surface area (Å²) in [5, 5.41) is 6.14. The summed E-state index contributed by atoms with van der Waals surface area (Å²) in [5.41, 5.74) is 2.37. The molecule has 0 aliphatic carbocycles. The van der Waals surface area contributed by atoms with Gasteiger partial charge in [0.25, 0.3) is 5.91 Å². The Bertz CT molecular complexity index is 1110. The first-order valence-corrected chi connectivity index (χ1v) is 15.0. The zero-order valence-electron chi connectivity index (χ0n) is 24.3. The average molecular weight is 576 g/mol. The monoisotopic (exact) mass is 575 g/mol. The van der Waals surface area contributed by atoms with E-state index >= 15 is 0 Å². The van der Waals surface area contributed by atoms with E-state index in [0.717, 1.165) is 17.5 Å². The van der Waals surface area contributed by atoms with Crippen molar-refractivity contribution in [2.24, 2.45) is 0 Å². The number of thioether (sulfide) groups is 1. The lowest BCUT2D eigenvalue weighted by atomic mass is 9.98. The van der Waals surface area contributed by atoms with E-state index in [2.05, 4.69) is 17.6 Å². The minimum atomic E-state index is -0.962. The second-order valence-electron chi connectivity index (χ2n) is 10.7. The highest BCUT2D eigenvalue weighted by atomic mass is 35.5. The first-order chi connectivity index (χ1) is 18.3. The van der Waals surface area contributed by atoms with Crippen molar-refractivity contribution in [2.75, 3.05) is 17.3 Å². The molecule has 39 heavy (non-hydrogen) atoms. The van der Waals surface area contributed by atoms with Gasteiger partial charge in [-0.05, 0) is 89.1 Å². The number of nitrogens with one attached hydrogen (secondary N) is 2. The highest BCUT2D eigenvalue weighted by Gasteiger charge is 2.38. The van der Waals surface area contributed by atoms with Crippen LogP contribution in [-0.4, -0.2) is 52.5 Å². The Morgan fingerprint density at radius 1 is 1.08 bits per heavy atom. The van der Waals surface area contributed by atoms with Gasteiger partial charge in [-0.3, -0.25) is 9.59 Å². The highest BCUT2D eigenvalue weighted by Crippen LogP contribution is 2.31. The number of rotatable bonds is 11. The van der Waals surface area contributed by atoms with Gasteiger partial charge in [-0.15, -0.1) is 0 Å². The molecule has 0 aliphatic heterocycles. The number of alkyl carbamates (subject to hydrolysis) is 1. The van der Waals surface area contributed by atoms with Gasteiger partial charge in [0.15, 0.2) is 0 Å². The van der Waals surface area contributed by atoms with Gasteiger partial charge in [0.2, 0.25) is 5.91 Å². The molecule has 2 unspecified atom stereocenters. The smallest absolute Gasteiger partial charge is 0.408 e. The topological polar surface area (TPSA) is 87.7 Å². The molecule has 0 bridgehead atoms. The summed E-state index contributed by atoms with van der Waals surface area (Å²) in [7, 11) is 0. The molecule has 0 spiro atoms. The second kappa shape index (κ2) is 14.6. The lowest BCUT2D eigenvalue weighted by Gasteiger charge is -2.37. The number of amides is 3. The zero-order valence-corrected chi connectivity index (χ0v) is 25.8. The van der Waals surface area contributed by atoms with Crippen LogP contribution in [0.1, 0.15) is 70.7 Å². The van der Waals surface area contributed by atoms with Crippen molar-refractivity contribution < 1.29 is 19.1 Å². The number of anilines is 1. The molecule has 0 saturated carbocycles. The summed E-state index contributed by atoms with van der Waals surface area (Å²) in [6, 6.07) is 10.9. The van der Waals surface area contributed by atoms with Crippen LogP contribution < -0.4 is 10.6 Å². The van der Waals surface area contributed by atoms with Crippen molar-refractivity contribution in [3.05, 3.63) is 64.2 Å². The van der Waals surface area contributed by atoms with Crippen molar-refractivity contribution in [1.82, 2.24) is 10.2 Å². The standard InChI is InChI=1S/C30H42ClN3O4S/c1-9-21-13-15-22(16-14-21)26(27(35)33-25-20(4)11-10-12-23(25)31)34(19(2)3)28(36)24(17-18-39-8)32-29(37)38-30(5,6)7/h10-16,19,24,26H,9,17-18H2,1-8H3,(H,32,37)(H,33,35). The Morgan fingerprint density at radius 3 is 2.23 bits per heavy atom. The van der Waals surface area contributed by atoms with Crippen LogP contribution in [0, 0.1) is 6.92 Å². The summed E-state index contributed by atoms with van der Waals surface area (Å²) >= 11 is 8.00. The van der Waals surface area contributed by atoms with Gasteiger partial charge in [-0.25, -0.2) is 4.79 Å². The van der Waals surface area contributed by atoms with Crippen LogP contribution in [0.15, 0.2) is 42.5 Å².